The van der Waals surface area contributed by atoms with Crippen LogP contribution in [-0.4, -0.2) is 46.6 Å². The van der Waals surface area contributed by atoms with Gasteiger partial charge >= 0.3 is 6.18 Å². The van der Waals surface area contributed by atoms with Crippen LogP contribution in [0.1, 0.15) is 38.7 Å². The topological polar surface area (TPSA) is 58.4 Å². The van der Waals surface area contributed by atoms with Crippen LogP contribution in [0.25, 0.3) is 5.69 Å². The van der Waals surface area contributed by atoms with Gasteiger partial charge in [-0.2, -0.15) is 45.3 Å². The van der Waals surface area contributed by atoms with E-state index in [-0.39, 0.29) is 32.6 Å². The van der Waals surface area contributed by atoms with Gasteiger partial charge in [0.2, 0.25) is 0 Å². The molecule has 5 rings (SSSR count). The summed E-state index contributed by atoms with van der Waals surface area (Å²) in [7, 11) is 2.95. The molecule has 12 heteroatoms. The van der Waals surface area contributed by atoms with E-state index in [0.717, 1.165) is 23.1 Å². The van der Waals surface area contributed by atoms with Crippen LogP contribution in [0.5, 0.6) is 0 Å². The lowest BCUT2D eigenvalue weighted by Crippen LogP contribution is -2.55. The molecule has 1 aromatic heterocycles. The summed E-state index contributed by atoms with van der Waals surface area (Å²) in [6.45, 7) is 1.78. The van der Waals surface area contributed by atoms with Crippen molar-refractivity contribution in [3.63, 3.8) is 0 Å². The summed E-state index contributed by atoms with van der Waals surface area (Å²) in [4.78, 5) is 30.1. The Morgan fingerprint density at radius 1 is 0.951 bits per heavy atom. The SMILES string of the molecule is Cc1nn(-c2ccccc2)c2c1[C@H](c1ccc(F)cc1)[C@H](N(C)C(=O)c1cccc(C(F)(F)F)c1)C(=O)N2C.S.S. The minimum atomic E-state index is -4.63. The molecule has 6 nitrogen and oxygen atoms in total. The quantitative estimate of drug-likeness (QED) is 0.276. The molecule has 0 fully saturated rings. The summed E-state index contributed by atoms with van der Waals surface area (Å²) in [5.41, 5.74) is 1.35. The maximum Gasteiger partial charge on any atom is 0.416 e. The van der Waals surface area contributed by atoms with E-state index in [4.69, 9.17) is 5.10 Å². The van der Waals surface area contributed by atoms with Crippen LogP contribution in [0.3, 0.4) is 0 Å². The van der Waals surface area contributed by atoms with Crippen LogP contribution in [0.15, 0.2) is 78.9 Å². The third-order valence-electron chi connectivity index (χ3n) is 7.01. The lowest BCUT2D eigenvalue weighted by atomic mass is 9.80. The fourth-order valence-corrected chi connectivity index (χ4v) is 5.13. The molecule has 0 saturated carbocycles. The van der Waals surface area contributed by atoms with Crippen molar-refractivity contribution >= 4 is 44.6 Å². The van der Waals surface area contributed by atoms with Crippen LogP contribution in [0.2, 0.25) is 0 Å². The molecule has 2 amide bonds. The van der Waals surface area contributed by atoms with Gasteiger partial charge in [0.25, 0.3) is 11.8 Å². The minimum absolute atomic E-state index is 0. The Hall–Kier alpha value is -3.77. The first-order chi connectivity index (χ1) is 18.5. The van der Waals surface area contributed by atoms with Gasteiger partial charge < -0.3 is 4.90 Å². The molecule has 216 valence electrons. The largest absolute Gasteiger partial charge is 0.416 e. The first-order valence-electron chi connectivity index (χ1n) is 12.1. The Bertz CT molecular complexity index is 1560. The average Bonchev–Trinajstić information content (AvgIpc) is 3.27. The number of nitrogens with zero attached hydrogens (tertiary/aromatic N) is 4. The van der Waals surface area contributed by atoms with Crippen LogP contribution in [0.4, 0.5) is 23.4 Å². The zero-order chi connectivity index (χ0) is 28.1. The van der Waals surface area contributed by atoms with Gasteiger partial charge in [0.05, 0.1) is 16.9 Å². The number of likely N-dealkylation sites (N-methyl/N-ethyl adjacent to an activating group) is 2. The number of amides is 2. The number of carbonyl (C=O) groups excluding carboxylic acids is 2. The molecule has 1 aliphatic heterocycles. The number of aryl methyl sites for hydroxylation is 1. The molecule has 0 radical (unpaired) electrons. The highest BCUT2D eigenvalue weighted by Gasteiger charge is 2.47. The molecule has 3 aromatic carbocycles. The van der Waals surface area contributed by atoms with Crippen molar-refractivity contribution in [1.29, 1.82) is 0 Å². The van der Waals surface area contributed by atoms with E-state index in [0.29, 0.717) is 28.3 Å². The van der Waals surface area contributed by atoms with Gasteiger partial charge in [0, 0.05) is 31.1 Å². The summed E-state index contributed by atoms with van der Waals surface area (Å²) in [6.07, 6.45) is -4.63. The first-order valence-corrected chi connectivity index (χ1v) is 12.1. The number of alkyl halides is 3. The molecule has 2 atom stereocenters. The monoisotopic (exact) mass is 604 g/mol. The molecule has 41 heavy (non-hydrogen) atoms. The van der Waals surface area contributed by atoms with E-state index in [2.05, 4.69) is 0 Å². The Morgan fingerprint density at radius 3 is 2.20 bits per heavy atom. The Balaban J connectivity index is 0.00000231. The van der Waals surface area contributed by atoms with Crippen LogP contribution >= 0.6 is 27.0 Å². The van der Waals surface area contributed by atoms with Crippen molar-refractivity contribution < 1.29 is 27.2 Å². The second-order valence-corrected chi connectivity index (χ2v) is 9.44. The minimum Gasteiger partial charge on any atom is -0.329 e. The van der Waals surface area contributed by atoms with E-state index < -0.39 is 41.3 Å². The highest BCUT2D eigenvalue weighted by atomic mass is 32.1. The Kier molecular flexibility index (Phi) is 9.29. The number of halogens is 4. The highest BCUT2D eigenvalue weighted by molar-refractivity contribution is 7.59. The van der Waals surface area contributed by atoms with Crippen LogP contribution in [-0.2, 0) is 11.0 Å². The number of carbonyl (C=O) groups is 2. The lowest BCUT2D eigenvalue weighted by molar-refractivity contribution is -0.137. The molecule has 0 unspecified atom stereocenters. The third-order valence-corrected chi connectivity index (χ3v) is 7.01. The summed E-state index contributed by atoms with van der Waals surface area (Å²) in [6, 6.07) is 17.8. The number of para-hydroxylation sites is 1. The number of aromatic nitrogens is 2. The second-order valence-electron chi connectivity index (χ2n) is 9.44. The maximum absolute atomic E-state index is 14.0. The van der Waals surface area contributed by atoms with E-state index in [1.165, 1.54) is 42.3 Å². The predicted molar refractivity (Wildman–Crippen MR) is 158 cm³/mol. The molecule has 0 saturated heterocycles. The first kappa shape index (κ1) is 31.8. The molecule has 0 aliphatic carbocycles. The van der Waals surface area contributed by atoms with Gasteiger partial charge in [-0.25, -0.2) is 9.07 Å². The average molecular weight is 605 g/mol. The molecule has 0 spiro atoms. The summed E-state index contributed by atoms with van der Waals surface area (Å²) in [5, 5.41) is 4.70. The summed E-state index contributed by atoms with van der Waals surface area (Å²) < 4.78 is 55.6. The van der Waals surface area contributed by atoms with Crippen molar-refractivity contribution in [1.82, 2.24) is 14.7 Å². The van der Waals surface area contributed by atoms with Crippen molar-refractivity contribution in [2.24, 2.45) is 0 Å². The molecule has 4 aromatic rings. The smallest absolute Gasteiger partial charge is 0.329 e. The van der Waals surface area contributed by atoms with Gasteiger partial charge in [-0.05, 0) is 55.0 Å². The molecule has 1 aliphatic rings. The number of hydrogen-bond acceptors (Lipinski definition) is 3. The van der Waals surface area contributed by atoms with Gasteiger partial charge in [-0.3, -0.25) is 14.5 Å². The molecule has 2 heterocycles. The number of anilines is 1. The molecular formula is C29H28F4N4O2S2. The van der Waals surface area contributed by atoms with Crippen molar-refractivity contribution in [3.05, 3.63) is 113 Å². The Morgan fingerprint density at radius 2 is 1.59 bits per heavy atom. The zero-order valence-corrected chi connectivity index (χ0v) is 24.3. The molecule has 0 bridgehead atoms. The number of benzene rings is 3. The second kappa shape index (κ2) is 12.0. The summed E-state index contributed by atoms with van der Waals surface area (Å²) in [5.74, 6) is -1.95. The van der Waals surface area contributed by atoms with E-state index in [9.17, 15) is 27.2 Å². The fourth-order valence-electron chi connectivity index (χ4n) is 5.13. The van der Waals surface area contributed by atoms with Gasteiger partial charge in [-0.15, -0.1) is 0 Å². The fraction of sp³-hybridized carbons (Fsp3) is 0.207. The number of rotatable bonds is 4. The third kappa shape index (κ3) is 5.71. The number of fused-ring (bicyclic) bond motifs is 1. The normalized spacial score (nSPS) is 16.4. The van der Waals surface area contributed by atoms with Crippen molar-refractivity contribution in [3.8, 4) is 5.69 Å². The van der Waals surface area contributed by atoms with E-state index >= 15 is 0 Å². The highest BCUT2D eigenvalue weighted by Crippen LogP contribution is 2.44. The predicted octanol–water partition coefficient (Wildman–Crippen LogP) is 5.81. The molecule has 0 N–H and O–H groups in total. The standard InChI is InChI=1S/C29H24F4N4O2.2H2S/c1-17-23-24(18-12-14-21(30)15-13-18)25(35(2)27(38)19-8-7-9-20(16-19)29(31,32)33)28(39)36(3)26(23)37(34-17)22-10-5-4-6-11-22;;/h4-16,24-25H,1-3H3;2*1H2/t24-,25-;;/m0../s1. The van der Waals surface area contributed by atoms with E-state index in [1.807, 2.05) is 30.3 Å². The van der Waals surface area contributed by atoms with Crippen molar-refractivity contribution in [2.75, 3.05) is 19.0 Å². The zero-order valence-electron chi connectivity index (χ0n) is 22.3. The maximum atomic E-state index is 14.0. The Labute approximate surface area is 248 Å². The van der Waals surface area contributed by atoms with Gasteiger partial charge in [0.15, 0.2) is 0 Å². The van der Waals surface area contributed by atoms with Gasteiger partial charge in [0.1, 0.15) is 17.7 Å². The van der Waals surface area contributed by atoms with Crippen LogP contribution < -0.4 is 4.90 Å². The molecular weight excluding hydrogens is 576 g/mol. The lowest BCUT2D eigenvalue weighted by Gasteiger charge is -2.41. The van der Waals surface area contributed by atoms with Crippen LogP contribution in [0, 0.1) is 12.7 Å². The van der Waals surface area contributed by atoms with Crippen molar-refractivity contribution in [2.45, 2.75) is 25.1 Å². The van der Waals surface area contributed by atoms with Gasteiger partial charge in [-0.1, -0.05) is 36.4 Å². The van der Waals surface area contributed by atoms with E-state index in [1.54, 1.807) is 18.7 Å². The number of hydrogen-bond donors (Lipinski definition) is 0. The summed E-state index contributed by atoms with van der Waals surface area (Å²) >= 11 is 0.